The van der Waals surface area contributed by atoms with E-state index in [-0.39, 0.29) is 41.7 Å². The van der Waals surface area contributed by atoms with Crippen molar-refractivity contribution in [1.29, 1.82) is 0 Å². The summed E-state index contributed by atoms with van der Waals surface area (Å²) in [5.74, 6) is -0.0770. The fourth-order valence-electron chi connectivity index (χ4n) is 3.94. The van der Waals surface area contributed by atoms with Gasteiger partial charge in [0.05, 0.1) is 18.2 Å². The molecule has 186 valence electrons. The van der Waals surface area contributed by atoms with E-state index in [9.17, 15) is 18.3 Å². The minimum Gasteiger partial charge on any atom is -0.390 e. The van der Waals surface area contributed by atoms with Crippen LogP contribution in [0.2, 0.25) is 0 Å². The van der Waals surface area contributed by atoms with Gasteiger partial charge in [0.1, 0.15) is 23.9 Å². The number of aliphatic hydroxyl groups is 1. The molecule has 13 heteroatoms. The summed E-state index contributed by atoms with van der Waals surface area (Å²) < 4.78 is 33.2. The normalized spacial score (nSPS) is 20.2. The average molecular weight is 565 g/mol. The molecule has 3 N–H and O–H groups in total. The number of carbonyl (C=O) groups is 1. The van der Waals surface area contributed by atoms with Crippen molar-refractivity contribution in [2.75, 3.05) is 12.4 Å². The number of nitrogens with one attached hydrogen (secondary N) is 2. The SMILES string of the molecule is CNS(=O)(=O)O[C@H]1C[C@H](Nc2ncncc2C(=O)c2cc(C)n(Cc3cccc(Br)c3)n2)C[C@@H]1O. The lowest BCUT2D eigenvalue weighted by Crippen LogP contribution is -2.31. The molecule has 2 heterocycles. The number of benzene rings is 1. The second-order valence-electron chi connectivity index (χ2n) is 8.25. The topological polar surface area (TPSA) is 148 Å². The maximum atomic E-state index is 13.3. The molecule has 11 nitrogen and oxygen atoms in total. The van der Waals surface area contributed by atoms with Gasteiger partial charge < -0.3 is 10.4 Å². The van der Waals surface area contributed by atoms with Crippen molar-refractivity contribution in [2.24, 2.45) is 0 Å². The second-order valence-corrected chi connectivity index (χ2v) is 10.7. The van der Waals surface area contributed by atoms with Crippen molar-refractivity contribution in [2.45, 2.75) is 44.6 Å². The van der Waals surface area contributed by atoms with E-state index in [4.69, 9.17) is 4.18 Å². The Balaban J connectivity index is 1.50. The highest BCUT2D eigenvalue weighted by atomic mass is 79.9. The molecule has 2 aromatic heterocycles. The van der Waals surface area contributed by atoms with Crippen molar-refractivity contribution in [3.05, 3.63) is 69.8 Å². The first-order valence-electron chi connectivity index (χ1n) is 10.8. The molecule has 4 rings (SSSR count). The Labute approximate surface area is 211 Å². The molecule has 0 saturated heterocycles. The number of rotatable bonds is 9. The zero-order valence-corrected chi connectivity index (χ0v) is 21.5. The first-order chi connectivity index (χ1) is 16.6. The summed E-state index contributed by atoms with van der Waals surface area (Å²) in [6.07, 6.45) is 1.24. The quantitative estimate of drug-likeness (QED) is 0.331. The van der Waals surface area contributed by atoms with E-state index in [1.165, 1.54) is 19.6 Å². The van der Waals surface area contributed by atoms with Crippen molar-refractivity contribution < 1.29 is 22.5 Å². The molecule has 1 aliphatic rings. The molecular formula is C22H25BrN6O5S. The molecule has 3 atom stereocenters. The zero-order chi connectivity index (χ0) is 25.2. The van der Waals surface area contributed by atoms with E-state index < -0.39 is 22.5 Å². The minimum absolute atomic E-state index is 0.208. The number of nitrogens with zero attached hydrogens (tertiary/aromatic N) is 4. The Kier molecular flexibility index (Phi) is 7.62. The molecule has 0 aliphatic heterocycles. The van der Waals surface area contributed by atoms with Crippen molar-refractivity contribution >= 4 is 37.8 Å². The summed E-state index contributed by atoms with van der Waals surface area (Å²) in [7, 11) is -2.72. The number of hydrogen-bond acceptors (Lipinski definition) is 9. The zero-order valence-electron chi connectivity index (χ0n) is 19.1. The average Bonchev–Trinajstić information content (AvgIpc) is 3.35. The van der Waals surface area contributed by atoms with E-state index in [0.29, 0.717) is 6.54 Å². The lowest BCUT2D eigenvalue weighted by Gasteiger charge is -2.15. The molecule has 1 fully saturated rings. The molecule has 0 radical (unpaired) electrons. The van der Waals surface area contributed by atoms with Crippen LogP contribution in [0.15, 0.2) is 47.3 Å². The van der Waals surface area contributed by atoms with Gasteiger partial charge in [-0.2, -0.15) is 18.2 Å². The van der Waals surface area contributed by atoms with Crippen LogP contribution in [0.4, 0.5) is 5.82 Å². The molecule has 3 aromatic rings. The van der Waals surface area contributed by atoms with Crippen LogP contribution < -0.4 is 10.0 Å². The van der Waals surface area contributed by atoms with Crippen molar-refractivity contribution in [3.8, 4) is 0 Å². The summed E-state index contributed by atoms with van der Waals surface area (Å²) >= 11 is 3.46. The summed E-state index contributed by atoms with van der Waals surface area (Å²) in [6, 6.07) is 9.20. The number of aromatic nitrogens is 4. The predicted octanol–water partition coefficient (Wildman–Crippen LogP) is 1.81. The van der Waals surface area contributed by atoms with Crippen LogP contribution in [-0.2, 0) is 21.0 Å². The van der Waals surface area contributed by atoms with Crippen LogP contribution in [-0.4, -0.2) is 64.4 Å². The number of aryl methyl sites for hydroxylation is 1. The van der Waals surface area contributed by atoms with Crippen LogP contribution in [0.5, 0.6) is 0 Å². The third kappa shape index (κ3) is 6.11. The van der Waals surface area contributed by atoms with Crippen LogP contribution in [0.3, 0.4) is 0 Å². The lowest BCUT2D eigenvalue weighted by atomic mass is 10.1. The van der Waals surface area contributed by atoms with E-state index in [2.05, 4.69) is 41.0 Å². The summed E-state index contributed by atoms with van der Waals surface area (Å²) in [4.78, 5) is 21.5. The van der Waals surface area contributed by atoms with Crippen LogP contribution >= 0.6 is 15.9 Å². The van der Waals surface area contributed by atoms with Gasteiger partial charge in [-0.25, -0.2) is 9.97 Å². The number of anilines is 1. The standard InChI is InChI=1S/C22H25BrN6O5S/c1-13-6-18(28-29(13)11-14-4-3-5-15(23)7-14)21(31)17-10-25-12-26-22(17)27-16-8-19(30)20(9-16)34-35(32,33)24-2/h3-7,10,12,16,19-20,24,30H,8-9,11H2,1-2H3,(H,25,26,27)/t16-,19+,20+/m1/s1. The second kappa shape index (κ2) is 10.5. The molecule has 1 aliphatic carbocycles. The highest BCUT2D eigenvalue weighted by molar-refractivity contribution is 9.10. The van der Waals surface area contributed by atoms with Gasteiger partial charge in [-0.3, -0.25) is 13.7 Å². The molecular weight excluding hydrogens is 540 g/mol. The van der Waals surface area contributed by atoms with E-state index >= 15 is 0 Å². The highest BCUT2D eigenvalue weighted by Gasteiger charge is 2.37. The number of hydrogen-bond donors (Lipinski definition) is 3. The Hall–Kier alpha value is -2.71. The monoisotopic (exact) mass is 564 g/mol. The van der Waals surface area contributed by atoms with Crippen LogP contribution in [0, 0.1) is 6.92 Å². The first-order valence-corrected chi connectivity index (χ1v) is 13.0. The Morgan fingerprint density at radius 1 is 1.31 bits per heavy atom. The largest absolute Gasteiger partial charge is 0.390 e. The maximum absolute atomic E-state index is 13.3. The highest BCUT2D eigenvalue weighted by Crippen LogP contribution is 2.28. The molecule has 1 aromatic carbocycles. The molecule has 0 bridgehead atoms. The molecule has 0 unspecified atom stereocenters. The number of ketones is 1. The first kappa shape index (κ1) is 25.4. The molecule has 35 heavy (non-hydrogen) atoms. The van der Waals surface area contributed by atoms with E-state index in [0.717, 1.165) is 15.7 Å². The fraction of sp³-hybridized carbons (Fsp3) is 0.364. The summed E-state index contributed by atoms with van der Waals surface area (Å²) in [6.45, 7) is 2.38. The fourth-order valence-corrected chi connectivity index (χ4v) is 5.02. The third-order valence-corrected chi connectivity index (χ3v) is 7.20. The molecule has 0 spiro atoms. The molecule has 0 amide bonds. The van der Waals surface area contributed by atoms with Crippen LogP contribution in [0.25, 0.3) is 0 Å². The minimum atomic E-state index is -3.95. The van der Waals surface area contributed by atoms with Gasteiger partial charge in [-0.05, 0) is 43.5 Å². The predicted molar refractivity (Wildman–Crippen MR) is 131 cm³/mol. The molecule has 1 saturated carbocycles. The van der Waals surface area contributed by atoms with E-state index in [1.807, 2.05) is 31.2 Å². The van der Waals surface area contributed by atoms with Gasteiger partial charge >= 0.3 is 10.3 Å². The Bertz CT molecular complexity index is 1330. The van der Waals surface area contributed by atoms with Gasteiger partial charge in [0.15, 0.2) is 0 Å². The smallest absolute Gasteiger partial charge is 0.335 e. The Morgan fingerprint density at radius 3 is 2.86 bits per heavy atom. The number of aliphatic hydroxyl groups excluding tert-OH is 1. The van der Waals surface area contributed by atoms with E-state index in [1.54, 1.807) is 10.7 Å². The van der Waals surface area contributed by atoms with Crippen molar-refractivity contribution in [3.63, 3.8) is 0 Å². The van der Waals surface area contributed by atoms with Gasteiger partial charge in [0.25, 0.3) is 0 Å². The Morgan fingerprint density at radius 2 is 2.11 bits per heavy atom. The summed E-state index contributed by atoms with van der Waals surface area (Å²) in [5.41, 5.74) is 2.33. The van der Waals surface area contributed by atoms with Gasteiger partial charge in [-0.1, -0.05) is 28.1 Å². The summed E-state index contributed by atoms with van der Waals surface area (Å²) in [5, 5.41) is 17.9. The van der Waals surface area contributed by atoms with Crippen molar-refractivity contribution in [1.82, 2.24) is 24.5 Å². The maximum Gasteiger partial charge on any atom is 0.335 e. The third-order valence-electron chi connectivity index (χ3n) is 5.71. The number of halogens is 1. The lowest BCUT2D eigenvalue weighted by molar-refractivity contribution is 0.0636. The van der Waals surface area contributed by atoms with Gasteiger partial charge in [-0.15, -0.1) is 0 Å². The van der Waals surface area contributed by atoms with Crippen LogP contribution in [0.1, 0.15) is 40.2 Å². The van der Waals surface area contributed by atoms with Gasteiger partial charge in [0, 0.05) is 29.5 Å². The number of carbonyl (C=O) groups excluding carboxylic acids is 1. The van der Waals surface area contributed by atoms with Gasteiger partial charge in [0.2, 0.25) is 5.78 Å².